The molecule has 1 aromatic rings. The van der Waals surface area contributed by atoms with Crippen molar-refractivity contribution in [1.29, 1.82) is 0 Å². The number of rotatable bonds is 6. The molecule has 3 unspecified atom stereocenters. The number of carbonyl (C=O) groups is 1. The van der Waals surface area contributed by atoms with E-state index in [1.165, 1.54) is 7.11 Å². The van der Waals surface area contributed by atoms with E-state index in [1.807, 2.05) is 24.3 Å². The Morgan fingerprint density at radius 3 is 3.00 bits per heavy atom. The Kier molecular flexibility index (Phi) is 5.17. The highest BCUT2D eigenvalue weighted by atomic mass is 16.5. The van der Waals surface area contributed by atoms with Crippen LogP contribution in [0.2, 0.25) is 0 Å². The topological polar surface area (TPSA) is 71.0 Å². The lowest BCUT2D eigenvalue weighted by Crippen LogP contribution is -2.53. The fourth-order valence-electron chi connectivity index (χ4n) is 5.32. The number of aliphatic hydroxyl groups excluding tert-OH is 1. The molecular weight excluding hydrogens is 356 g/mol. The molecule has 2 N–H and O–H groups in total. The molecule has 4 rings (SSSR count). The average Bonchev–Trinajstić information content (AvgIpc) is 3.16. The molecule has 6 nitrogen and oxygen atoms in total. The van der Waals surface area contributed by atoms with E-state index in [-0.39, 0.29) is 30.0 Å². The minimum Gasteiger partial charge on any atom is -0.497 e. The van der Waals surface area contributed by atoms with Crippen molar-refractivity contribution >= 4 is 11.7 Å². The number of nitrogens with one attached hydrogen (secondary N) is 1. The van der Waals surface area contributed by atoms with E-state index in [0.717, 1.165) is 36.6 Å². The molecule has 1 fully saturated rings. The van der Waals surface area contributed by atoms with Crippen LogP contribution in [-0.4, -0.2) is 55.9 Å². The molecule has 1 aliphatic carbocycles. The maximum Gasteiger partial charge on any atom is 0.335 e. The Morgan fingerprint density at radius 1 is 1.39 bits per heavy atom. The van der Waals surface area contributed by atoms with Crippen molar-refractivity contribution in [3.63, 3.8) is 0 Å². The summed E-state index contributed by atoms with van der Waals surface area (Å²) < 4.78 is 10.5. The predicted molar refractivity (Wildman–Crippen MR) is 107 cm³/mol. The quantitative estimate of drug-likeness (QED) is 0.580. The molecule has 3 aliphatic rings. The van der Waals surface area contributed by atoms with E-state index in [9.17, 15) is 9.90 Å². The van der Waals surface area contributed by atoms with Gasteiger partial charge in [-0.15, -0.1) is 0 Å². The van der Waals surface area contributed by atoms with Gasteiger partial charge in [-0.3, -0.25) is 4.90 Å². The molecule has 0 bridgehead atoms. The number of hydrogen-bond donors (Lipinski definition) is 2. The van der Waals surface area contributed by atoms with Gasteiger partial charge >= 0.3 is 5.97 Å². The molecule has 0 amide bonds. The number of benzene rings is 1. The lowest BCUT2D eigenvalue weighted by Gasteiger charge is -2.50. The van der Waals surface area contributed by atoms with E-state index < -0.39 is 0 Å². The number of carbonyl (C=O) groups excluding carboxylic acids is 1. The Morgan fingerprint density at radius 2 is 2.25 bits per heavy atom. The number of esters is 1. The van der Waals surface area contributed by atoms with Crippen molar-refractivity contribution in [3.05, 3.63) is 47.7 Å². The lowest BCUT2D eigenvalue weighted by atomic mass is 9.62. The molecule has 2 aliphatic heterocycles. The second-order valence-electron chi connectivity index (χ2n) is 7.86. The number of aliphatic hydroxyl groups is 1. The largest absolute Gasteiger partial charge is 0.497 e. The van der Waals surface area contributed by atoms with E-state index in [4.69, 9.17) is 9.47 Å². The third-order valence-electron chi connectivity index (χ3n) is 6.44. The molecule has 6 heteroatoms. The highest BCUT2D eigenvalue weighted by Crippen LogP contribution is 2.53. The van der Waals surface area contributed by atoms with Gasteiger partial charge in [-0.05, 0) is 37.9 Å². The summed E-state index contributed by atoms with van der Waals surface area (Å²) in [6.45, 7) is 2.02. The summed E-state index contributed by atoms with van der Waals surface area (Å²) in [6.07, 6.45) is 6.61. The van der Waals surface area contributed by atoms with Crippen molar-refractivity contribution < 1.29 is 19.4 Å². The van der Waals surface area contributed by atoms with Gasteiger partial charge in [0.15, 0.2) is 0 Å². The average molecular weight is 384 g/mol. The van der Waals surface area contributed by atoms with E-state index in [1.54, 1.807) is 7.11 Å². The predicted octanol–water partition coefficient (Wildman–Crippen LogP) is 2.57. The number of methoxy groups -OCH3 is 2. The van der Waals surface area contributed by atoms with Gasteiger partial charge < -0.3 is 19.9 Å². The zero-order chi connectivity index (χ0) is 19.7. The monoisotopic (exact) mass is 384 g/mol. The second-order valence-corrected chi connectivity index (χ2v) is 7.86. The molecule has 150 valence electrons. The van der Waals surface area contributed by atoms with Crippen molar-refractivity contribution in [2.75, 3.05) is 39.2 Å². The summed E-state index contributed by atoms with van der Waals surface area (Å²) >= 11 is 0. The summed E-state index contributed by atoms with van der Waals surface area (Å²) in [5, 5.41) is 13.3. The van der Waals surface area contributed by atoms with Gasteiger partial charge in [-0.25, -0.2) is 4.79 Å². The molecule has 0 radical (unpaired) electrons. The first kappa shape index (κ1) is 19.0. The molecule has 3 atom stereocenters. The van der Waals surface area contributed by atoms with E-state index in [0.29, 0.717) is 18.4 Å². The van der Waals surface area contributed by atoms with Gasteiger partial charge in [0.1, 0.15) is 5.75 Å². The van der Waals surface area contributed by atoms with E-state index >= 15 is 0 Å². The van der Waals surface area contributed by atoms with Crippen LogP contribution in [-0.2, 0) is 9.53 Å². The Bertz CT molecular complexity index is 819. The Balaban J connectivity index is 1.79. The minimum absolute atomic E-state index is 0.106. The summed E-state index contributed by atoms with van der Waals surface area (Å²) in [6, 6.07) is 8.03. The van der Waals surface area contributed by atoms with Crippen LogP contribution in [0.1, 0.15) is 19.3 Å². The minimum atomic E-state index is -0.293. The number of nitrogens with zero attached hydrogens (tertiary/aromatic N) is 1. The zero-order valence-electron chi connectivity index (χ0n) is 16.5. The van der Waals surface area contributed by atoms with Crippen molar-refractivity contribution in [1.82, 2.24) is 4.90 Å². The standard InChI is InChI=1S/C22H28N2O4/c1-27-16-6-3-5-15(13-16)23-19-17-7-11-24-10-4-8-22(9-12-25,20(17)24)14-18(19)21(26)28-2/h3-6,8,13,17,20,23,25H,7,9-12,14H2,1-2H3. The van der Waals surface area contributed by atoms with Gasteiger partial charge in [0.05, 0.1) is 19.8 Å². The van der Waals surface area contributed by atoms with Crippen LogP contribution in [0.25, 0.3) is 0 Å². The van der Waals surface area contributed by atoms with Crippen LogP contribution < -0.4 is 10.1 Å². The van der Waals surface area contributed by atoms with Crippen molar-refractivity contribution in [2.24, 2.45) is 11.3 Å². The highest BCUT2D eigenvalue weighted by molar-refractivity contribution is 5.91. The maximum absolute atomic E-state index is 12.7. The van der Waals surface area contributed by atoms with Crippen molar-refractivity contribution in [3.8, 4) is 5.75 Å². The van der Waals surface area contributed by atoms with E-state index in [2.05, 4.69) is 22.4 Å². The molecule has 0 aromatic heterocycles. The SMILES string of the molecule is COC(=O)C1=C(Nc2cccc(OC)c2)C2CCN3CC=CC(CCO)(C1)C23. The Labute approximate surface area is 165 Å². The highest BCUT2D eigenvalue weighted by Gasteiger charge is 2.54. The van der Waals surface area contributed by atoms with Crippen LogP contribution in [0.3, 0.4) is 0 Å². The first-order valence-corrected chi connectivity index (χ1v) is 9.87. The van der Waals surface area contributed by atoms with Gasteiger partial charge in [-0.1, -0.05) is 18.2 Å². The third kappa shape index (κ3) is 3.10. The molecule has 0 spiro atoms. The first-order valence-electron chi connectivity index (χ1n) is 9.87. The van der Waals surface area contributed by atoms with Crippen molar-refractivity contribution in [2.45, 2.75) is 25.3 Å². The summed E-state index contributed by atoms with van der Waals surface area (Å²) in [7, 11) is 3.08. The molecule has 1 aromatic carbocycles. The maximum atomic E-state index is 12.7. The zero-order valence-corrected chi connectivity index (χ0v) is 16.5. The molecule has 28 heavy (non-hydrogen) atoms. The van der Waals surface area contributed by atoms with Crippen LogP contribution in [0.15, 0.2) is 47.7 Å². The number of ether oxygens (including phenoxy) is 2. The Hall–Kier alpha value is -2.31. The number of hydrogen-bond acceptors (Lipinski definition) is 6. The summed E-state index contributed by atoms with van der Waals surface area (Å²) in [5.41, 5.74) is 2.32. The van der Waals surface area contributed by atoms with Crippen LogP contribution in [0.4, 0.5) is 5.69 Å². The molecular formula is C22H28N2O4. The van der Waals surface area contributed by atoms with Gasteiger partial charge in [0, 0.05) is 48.0 Å². The summed E-state index contributed by atoms with van der Waals surface area (Å²) in [4.78, 5) is 15.2. The first-order chi connectivity index (χ1) is 13.6. The summed E-state index contributed by atoms with van der Waals surface area (Å²) in [5.74, 6) is 0.674. The van der Waals surface area contributed by atoms with Gasteiger partial charge in [0.2, 0.25) is 0 Å². The third-order valence-corrected chi connectivity index (χ3v) is 6.44. The number of anilines is 1. The fourth-order valence-corrected chi connectivity index (χ4v) is 5.32. The lowest BCUT2D eigenvalue weighted by molar-refractivity contribution is -0.137. The van der Waals surface area contributed by atoms with Gasteiger partial charge in [-0.2, -0.15) is 0 Å². The molecule has 1 saturated heterocycles. The van der Waals surface area contributed by atoms with Gasteiger partial charge in [0.25, 0.3) is 0 Å². The second kappa shape index (κ2) is 7.60. The fraction of sp³-hybridized carbons (Fsp3) is 0.500. The van der Waals surface area contributed by atoms with Crippen LogP contribution >= 0.6 is 0 Å². The van der Waals surface area contributed by atoms with Crippen LogP contribution in [0.5, 0.6) is 5.75 Å². The smallest absolute Gasteiger partial charge is 0.335 e. The molecule has 0 saturated carbocycles. The normalized spacial score (nSPS) is 28.8. The van der Waals surface area contributed by atoms with Crippen LogP contribution in [0, 0.1) is 11.3 Å². The molecule has 2 heterocycles.